The molecule has 3 aromatic rings. The summed E-state index contributed by atoms with van der Waals surface area (Å²) in [5, 5.41) is 29.1. The number of urea groups is 1. The highest BCUT2D eigenvalue weighted by atomic mass is 127. The van der Waals surface area contributed by atoms with Crippen LogP contribution < -0.4 is 35.0 Å². The zero-order valence-corrected chi connectivity index (χ0v) is 29.4. The SMILES string of the molecule is CCOc1cc([C@@H]2NC(=O)NC(C)=C2C(=O)OC)ccc1OC[C@H](O)N/N=C\c1cc(I)c(OCc2ccc(C(=O)O)cc2)c(OCC)c1. The van der Waals surface area contributed by atoms with E-state index in [0.717, 1.165) is 9.13 Å². The summed E-state index contributed by atoms with van der Waals surface area (Å²) in [6, 6.07) is 13.8. The second-order valence-electron chi connectivity index (χ2n) is 10.5. The van der Waals surface area contributed by atoms with Gasteiger partial charge in [0.15, 0.2) is 29.2 Å². The van der Waals surface area contributed by atoms with E-state index >= 15 is 0 Å². The van der Waals surface area contributed by atoms with Gasteiger partial charge in [0.2, 0.25) is 0 Å². The molecule has 14 nitrogen and oxygen atoms in total. The molecule has 0 aliphatic carbocycles. The minimum atomic E-state index is -1.19. The molecule has 0 saturated carbocycles. The van der Waals surface area contributed by atoms with Crippen LogP contribution in [-0.2, 0) is 16.1 Å². The third-order valence-electron chi connectivity index (χ3n) is 7.03. The Bertz CT molecular complexity index is 1730. The summed E-state index contributed by atoms with van der Waals surface area (Å²) in [5.41, 5.74) is 5.51. The number of halogens is 1. The van der Waals surface area contributed by atoms with Gasteiger partial charge in [-0.15, -0.1) is 0 Å². The first kappa shape index (κ1) is 36.8. The van der Waals surface area contributed by atoms with Crippen molar-refractivity contribution in [3.8, 4) is 23.0 Å². The number of nitrogens with one attached hydrogen (secondary N) is 3. The average Bonchev–Trinajstić information content (AvgIpc) is 3.07. The number of carboxylic acids is 1. The highest BCUT2D eigenvalue weighted by Gasteiger charge is 2.32. The number of nitrogens with zero attached hydrogens (tertiary/aromatic N) is 1. The first-order chi connectivity index (χ1) is 23.5. The number of esters is 1. The van der Waals surface area contributed by atoms with E-state index in [2.05, 4.69) is 43.8 Å². The van der Waals surface area contributed by atoms with Crippen LogP contribution in [0.15, 0.2) is 71.0 Å². The molecule has 0 unspecified atom stereocenters. The van der Waals surface area contributed by atoms with Gasteiger partial charge in [-0.1, -0.05) is 18.2 Å². The molecule has 1 heterocycles. The van der Waals surface area contributed by atoms with E-state index in [4.69, 9.17) is 28.8 Å². The average molecular weight is 789 g/mol. The standard InChI is InChI=1S/C34H37IN4O10/c1-5-46-26-15-23(30-29(33(43)45-4)19(3)37-34(44)38-30)11-12-25(26)48-18-28(40)39-36-16-21-13-24(35)31(27(14-21)47-6-2)49-17-20-7-9-22(10-8-20)32(41)42/h7-16,28,30,39-40H,5-6,17-18H2,1-4H3,(H,41,42)(H2,37,38,44)/b36-16-/t28-,30-/m0/s1. The maximum Gasteiger partial charge on any atom is 0.337 e. The molecule has 5 N–H and O–H groups in total. The third kappa shape index (κ3) is 9.76. The second-order valence-corrected chi connectivity index (χ2v) is 11.6. The van der Waals surface area contributed by atoms with Crippen LogP contribution in [-0.4, -0.2) is 67.6 Å². The van der Waals surface area contributed by atoms with Gasteiger partial charge in [0, 0.05) is 5.70 Å². The topological polar surface area (TPSA) is 186 Å². The predicted octanol–water partition coefficient (Wildman–Crippen LogP) is 4.49. The van der Waals surface area contributed by atoms with Gasteiger partial charge in [0.1, 0.15) is 13.2 Å². The number of aliphatic hydroxyl groups is 1. The Kier molecular flexibility index (Phi) is 13.1. The molecule has 49 heavy (non-hydrogen) atoms. The lowest BCUT2D eigenvalue weighted by molar-refractivity contribution is -0.136. The molecule has 0 bridgehead atoms. The number of aliphatic hydroxyl groups excluding tert-OH is 1. The fourth-order valence-electron chi connectivity index (χ4n) is 4.78. The number of benzene rings is 3. The number of hydrogen-bond acceptors (Lipinski definition) is 11. The summed E-state index contributed by atoms with van der Waals surface area (Å²) in [4.78, 5) is 35.8. The number of hydrogen-bond donors (Lipinski definition) is 5. The molecule has 1 aliphatic heterocycles. The number of hydrazone groups is 1. The van der Waals surface area contributed by atoms with Crippen LogP contribution in [0, 0.1) is 3.57 Å². The Morgan fingerprint density at radius 3 is 2.39 bits per heavy atom. The quantitative estimate of drug-likeness (QED) is 0.0453. The molecule has 2 amide bonds. The number of amides is 2. The van der Waals surface area contributed by atoms with Crippen molar-refractivity contribution in [3.63, 3.8) is 0 Å². The zero-order chi connectivity index (χ0) is 35.5. The lowest BCUT2D eigenvalue weighted by Crippen LogP contribution is -2.45. The molecule has 4 rings (SSSR count). The lowest BCUT2D eigenvalue weighted by Gasteiger charge is -2.28. The molecule has 0 aromatic heterocycles. The van der Waals surface area contributed by atoms with E-state index in [9.17, 15) is 19.5 Å². The van der Waals surface area contributed by atoms with Gasteiger partial charge in [0.25, 0.3) is 0 Å². The monoisotopic (exact) mass is 788 g/mol. The van der Waals surface area contributed by atoms with Crippen LogP contribution in [0.2, 0.25) is 0 Å². The Hall–Kier alpha value is -5.03. The Morgan fingerprint density at radius 1 is 1.00 bits per heavy atom. The molecule has 0 fully saturated rings. The fraction of sp³-hybridized carbons (Fsp3) is 0.294. The second kappa shape index (κ2) is 17.4. The number of methoxy groups -OCH3 is 1. The molecule has 15 heteroatoms. The van der Waals surface area contributed by atoms with Gasteiger partial charge in [0.05, 0.1) is 47.3 Å². The maximum absolute atomic E-state index is 12.5. The van der Waals surface area contributed by atoms with Gasteiger partial charge < -0.3 is 44.5 Å². The normalized spacial score (nSPS) is 14.8. The number of aromatic carboxylic acids is 1. The van der Waals surface area contributed by atoms with Crippen molar-refractivity contribution in [2.24, 2.45) is 5.10 Å². The molecular weight excluding hydrogens is 751 g/mol. The van der Waals surface area contributed by atoms with Crippen LogP contribution in [0.1, 0.15) is 53.9 Å². The van der Waals surface area contributed by atoms with Gasteiger partial charge in [-0.3, -0.25) is 5.43 Å². The summed E-state index contributed by atoms with van der Waals surface area (Å²) in [5.74, 6) is 0.142. The molecule has 0 saturated heterocycles. The molecule has 0 radical (unpaired) electrons. The van der Waals surface area contributed by atoms with Crippen LogP contribution in [0.5, 0.6) is 23.0 Å². The first-order valence-electron chi connectivity index (χ1n) is 15.2. The van der Waals surface area contributed by atoms with Crippen molar-refractivity contribution >= 4 is 46.8 Å². The molecule has 1 aliphatic rings. The number of carbonyl (C=O) groups is 3. The molecule has 2 atom stereocenters. The van der Waals surface area contributed by atoms with E-state index < -0.39 is 30.2 Å². The summed E-state index contributed by atoms with van der Waals surface area (Å²) < 4.78 is 29.1. The number of allylic oxidation sites excluding steroid dienone is 1. The lowest BCUT2D eigenvalue weighted by atomic mass is 9.95. The van der Waals surface area contributed by atoms with E-state index in [-0.39, 0.29) is 24.4 Å². The van der Waals surface area contributed by atoms with Crippen LogP contribution >= 0.6 is 22.6 Å². The first-order valence-corrected chi connectivity index (χ1v) is 16.3. The Morgan fingerprint density at radius 2 is 1.71 bits per heavy atom. The third-order valence-corrected chi connectivity index (χ3v) is 7.83. The van der Waals surface area contributed by atoms with Crippen molar-refractivity contribution in [2.75, 3.05) is 26.9 Å². The number of carbonyl (C=O) groups excluding carboxylic acids is 2. The van der Waals surface area contributed by atoms with Crippen LogP contribution in [0.3, 0.4) is 0 Å². The maximum atomic E-state index is 12.5. The minimum Gasteiger partial charge on any atom is -0.490 e. The summed E-state index contributed by atoms with van der Waals surface area (Å²) in [7, 11) is 1.27. The summed E-state index contributed by atoms with van der Waals surface area (Å²) in [6.45, 7) is 6.01. The van der Waals surface area contributed by atoms with Gasteiger partial charge in [-0.2, -0.15) is 5.10 Å². The van der Waals surface area contributed by atoms with E-state index in [1.807, 2.05) is 13.0 Å². The smallest absolute Gasteiger partial charge is 0.337 e. The van der Waals surface area contributed by atoms with E-state index in [0.29, 0.717) is 53.0 Å². The largest absolute Gasteiger partial charge is 0.490 e. The van der Waals surface area contributed by atoms with Crippen molar-refractivity contribution in [1.82, 2.24) is 16.1 Å². The predicted molar refractivity (Wildman–Crippen MR) is 187 cm³/mol. The van der Waals surface area contributed by atoms with Crippen LogP contribution in [0.4, 0.5) is 4.79 Å². The molecular formula is C34H37IN4O10. The van der Waals surface area contributed by atoms with Crippen LogP contribution in [0.25, 0.3) is 0 Å². The molecule has 260 valence electrons. The Balaban J connectivity index is 1.39. The number of rotatable bonds is 16. The fourth-order valence-corrected chi connectivity index (χ4v) is 5.57. The Labute approximate surface area is 296 Å². The van der Waals surface area contributed by atoms with Crippen molar-refractivity contribution in [2.45, 2.75) is 39.6 Å². The van der Waals surface area contributed by atoms with Gasteiger partial charge in [-0.05, 0) is 96.5 Å². The van der Waals surface area contributed by atoms with E-state index in [1.54, 1.807) is 50.2 Å². The van der Waals surface area contributed by atoms with Crippen molar-refractivity contribution in [1.29, 1.82) is 0 Å². The van der Waals surface area contributed by atoms with Crippen molar-refractivity contribution in [3.05, 3.63) is 91.7 Å². The number of carboxylic acid groups (broad SMARTS) is 1. The van der Waals surface area contributed by atoms with Gasteiger partial charge in [-0.25, -0.2) is 14.4 Å². The molecule has 3 aromatic carbocycles. The highest BCUT2D eigenvalue weighted by molar-refractivity contribution is 14.1. The van der Waals surface area contributed by atoms with E-state index in [1.165, 1.54) is 25.5 Å². The van der Waals surface area contributed by atoms with Crippen molar-refractivity contribution < 1.29 is 48.3 Å². The zero-order valence-electron chi connectivity index (χ0n) is 27.2. The highest BCUT2D eigenvalue weighted by Crippen LogP contribution is 2.36. The number of ether oxygens (including phenoxy) is 5. The summed E-state index contributed by atoms with van der Waals surface area (Å²) in [6.07, 6.45) is 0.330. The van der Waals surface area contributed by atoms with Gasteiger partial charge >= 0.3 is 18.0 Å². The minimum absolute atomic E-state index is 0.185. The summed E-state index contributed by atoms with van der Waals surface area (Å²) >= 11 is 2.13. The molecule has 0 spiro atoms.